The minimum Gasteiger partial charge on any atom is -0.339 e. The van der Waals surface area contributed by atoms with Crippen LogP contribution in [0.1, 0.15) is 40.2 Å². The second-order valence-electron chi connectivity index (χ2n) is 6.29. The van der Waals surface area contributed by atoms with Gasteiger partial charge < -0.3 is 9.47 Å². The molecule has 1 fully saturated rings. The summed E-state index contributed by atoms with van der Waals surface area (Å²) in [7, 11) is 0. The molecule has 0 radical (unpaired) electrons. The maximum absolute atomic E-state index is 11.3. The molecule has 5 heteroatoms. The standard InChI is InChI=1S/C15H21NO4/c1-10-11(2)20-15(19-10,14(3,4)5)12-8-6-7-9-13(12)16(17)18/h6-11H,1-5H3. The molecule has 0 saturated carbocycles. The Hall–Kier alpha value is -1.46. The number of nitro benzene ring substituents is 1. The van der Waals surface area contributed by atoms with Gasteiger partial charge in [-0.15, -0.1) is 0 Å². The van der Waals surface area contributed by atoms with Crippen molar-refractivity contribution in [3.05, 3.63) is 39.9 Å². The van der Waals surface area contributed by atoms with Crippen molar-refractivity contribution in [2.45, 2.75) is 52.6 Å². The quantitative estimate of drug-likeness (QED) is 0.612. The highest BCUT2D eigenvalue weighted by Crippen LogP contribution is 2.51. The molecule has 1 aromatic carbocycles. The van der Waals surface area contributed by atoms with Crippen molar-refractivity contribution >= 4 is 5.69 Å². The van der Waals surface area contributed by atoms with Crippen LogP contribution in [0.3, 0.4) is 0 Å². The minimum absolute atomic E-state index is 0.0312. The zero-order chi connectivity index (χ0) is 15.1. The Morgan fingerprint density at radius 1 is 1.15 bits per heavy atom. The Balaban J connectivity index is 2.64. The number of para-hydroxylation sites is 1. The second kappa shape index (κ2) is 4.82. The van der Waals surface area contributed by atoms with Crippen LogP contribution in [0.4, 0.5) is 5.69 Å². The second-order valence-corrected chi connectivity index (χ2v) is 6.29. The van der Waals surface area contributed by atoms with Gasteiger partial charge in [-0.05, 0) is 19.9 Å². The predicted molar refractivity (Wildman–Crippen MR) is 75.3 cm³/mol. The van der Waals surface area contributed by atoms with E-state index in [4.69, 9.17) is 9.47 Å². The summed E-state index contributed by atoms with van der Waals surface area (Å²) in [6.07, 6.45) is -0.233. The van der Waals surface area contributed by atoms with Crippen LogP contribution in [0.15, 0.2) is 24.3 Å². The highest BCUT2D eigenvalue weighted by atomic mass is 16.8. The molecular formula is C15H21NO4. The van der Waals surface area contributed by atoms with Crippen molar-refractivity contribution in [1.82, 2.24) is 0 Å². The molecule has 0 aliphatic carbocycles. The van der Waals surface area contributed by atoms with E-state index in [9.17, 15) is 10.1 Å². The first-order valence-electron chi connectivity index (χ1n) is 6.78. The van der Waals surface area contributed by atoms with Gasteiger partial charge in [0.05, 0.1) is 22.7 Å². The molecule has 1 heterocycles. The zero-order valence-electron chi connectivity index (χ0n) is 12.5. The fraction of sp³-hybridized carbons (Fsp3) is 0.600. The molecule has 0 spiro atoms. The van der Waals surface area contributed by atoms with E-state index in [0.29, 0.717) is 5.56 Å². The Bertz CT molecular complexity index is 511. The van der Waals surface area contributed by atoms with Crippen LogP contribution in [-0.2, 0) is 15.3 Å². The van der Waals surface area contributed by atoms with E-state index in [1.807, 2.05) is 34.6 Å². The van der Waals surface area contributed by atoms with E-state index in [1.165, 1.54) is 6.07 Å². The van der Waals surface area contributed by atoms with Gasteiger partial charge in [0.15, 0.2) is 0 Å². The van der Waals surface area contributed by atoms with Crippen molar-refractivity contribution in [2.24, 2.45) is 5.41 Å². The van der Waals surface area contributed by atoms with E-state index in [-0.39, 0.29) is 22.8 Å². The van der Waals surface area contributed by atoms with Crippen LogP contribution in [0.2, 0.25) is 0 Å². The third kappa shape index (κ3) is 2.21. The number of hydrogen-bond donors (Lipinski definition) is 0. The SMILES string of the molecule is CC1OC(c2ccccc2[N+](=O)[O-])(C(C)(C)C)OC1C. The summed E-state index contributed by atoms with van der Waals surface area (Å²) in [5.74, 6) is -1.10. The summed E-state index contributed by atoms with van der Waals surface area (Å²) in [5, 5.41) is 11.3. The van der Waals surface area contributed by atoms with Crippen LogP contribution < -0.4 is 0 Å². The molecule has 1 aliphatic heterocycles. The lowest BCUT2D eigenvalue weighted by molar-refractivity contribution is -0.389. The molecular weight excluding hydrogens is 258 g/mol. The van der Waals surface area contributed by atoms with Gasteiger partial charge >= 0.3 is 0 Å². The minimum atomic E-state index is -1.10. The first-order valence-corrected chi connectivity index (χ1v) is 6.78. The van der Waals surface area contributed by atoms with Crippen LogP contribution in [-0.4, -0.2) is 17.1 Å². The molecule has 1 aliphatic rings. The van der Waals surface area contributed by atoms with Gasteiger partial charge in [-0.2, -0.15) is 0 Å². The van der Waals surface area contributed by atoms with Crippen LogP contribution in [0.5, 0.6) is 0 Å². The molecule has 1 aromatic rings. The molecule has 2 rings (SSSR count). The van der Waals surface area contributed by atoms with Crippen LogP contribution in [0.25, 0.3) is 0 Å². The first kappa shape index (κ1) is 14.9. The number of rotatable bonds is 2. The summed E-state index contributed by atoms with van der Waals surface area (Å²) in [6.45, 7) is 9.75. The third-order valence-electron chi connectivity index (χ3n) is 3.81. The van der Waals surface area contributed by atoms with Gasteiger partial charge in [0.1, 0.15) is 0 Å². The highest BCUT2D eigenvalue weighted by Gasteiger charge is 2.56. The van der Waals surface area contributed by atoms with Crippen molar-refractivity contribution in [3.8, 4) is 0 Å². The molecule has 0 amide bonds. The van der Waals surface area contributed by atoms with Gasteiger partial charge in [0.2, 0.25) is 5.79 Å². The maximum atomic E-state index is 11.3. The Kier molecular flexibility index (Phi) is 3.60. The fourth-order valence-electron chi connectivity index (χ4n) is 2.54. The molecule has 110 valence electrons. The Morgan fingerprint density at radius 2 is 1.65 bits per heavy atom. The van der Waals surface area contributed by atoms with Crippen molar-refractivity contribution in [1.29, 1.82) is 0 Å². The number of nitro groups is 1. The average molecular weight is 279 g/mol. The Morgan fingerprint density at radius 3 is 2.10 bits per heavy atom. The zero-order valence-corrected chi connectivity index (χ0v) is 12.5. The molecule has 2 atom stereocenters. The third-order valence-corrected chi connectivity index (χ3v) is 3.81. The summed E-state index contributed by atoms with van der Waals surface area (Å²) in [5.41, 5.74) is 0.0791. The largest absolute Gasteiger partial charge is 0.339 e. The van der Waals surface area contributed by atoms with Gasteiger partial charge in [-0.1, -0.05) is 32.9 Å². The number of nitrogens with zero attached hydrogens (tertiary/aromatic N) is 1. The Labute approximate surface area is 119 Å². The molecule has 20 heavy (non-hydrogen) atoms. The summed E-state index contributed by atoms with van der Waals surface area (Å²) < 4.78 is 12.2. The highest BCUT2D eigenvalue weighted by molar-refractivity contribution is 5.44. The molecule has 1 saturated heterocycles. The number of benzene rings is 1. The summed E-state index contributed by atoms with van der Waals surface area (Å²) in [6, 6.07) is 6.63. The molecule has 0 aromatic heterocycles. The van der Waals surface area contributed by atoms with Gasteiger partial charge in [0, 0.05) is 11.5 Å². The lowest BCUT2D eigenvalue weighted by atomic mass is 9.80. The van der Waals surface area contributed by atoms with Crippen LogP contribution in [0, 0.1) is 15.5 Å². The molecule has 0 bridgehead atoms. The van der Waals surface area contributed by atoms with Crippen molar-refractivity contribution in [2.75, 3.05) is 0 Å². The first-order chi connectivity index (χ1) is 9.19. The summed E-state index contributed by atoms with van der Waals surface area (Å²) >= 11 is 0. The summed E-state index contributed by atoms with van der Waals surface area (Å²) in [4.78, 5) is 10.9. The average Bonchev–Trinajstić information content (AvgIpc) is 2.66. The van der Waals surface area contributed by atoms with E-state index >= 15 is 0 Å². The van der Waals surface area contributed by atoms with Crippen molar-refractivity contribution in [3.63, 3.8) is 0 Å². The molecule has 0 N–H and O–H groups in total. The van der Waals surface area contributed by atoms with Gasteiger partial charge in [0.25, 0.3) is 5.69 Å². The predicted octanol–water partition coefficient (Wildman–Crippen LogP) is 3.62. The van der Waals surface area contributed by atoms with Gasteiger partial charge in [-0.25, -0.2) is 0 Å². The normalized spacial score (nSPS) is 30.4. The molecule has 5 nitrogen and oxygen atoms in total. The number of hydrogen-bond acceptors (Lipinski definition) is 4. The van der Waals surface area contributed by atoms with E-state index in [1.54, 1.807) is 18.2 Å². The van der Waals surface area contributed by atoms with Crippen molar-refractivity contribution < 1.29 is 14.4 Å². The van der Waals surface area contributed by atoms with Gasteiger partial charge in [-0.3, -0.25) is 10.1 Å². The van der Waals surface area contributed by atoms with Crippen LogP contribution >= 0.6 is 0 Å². The monoisotopic (exact) mass is 279 g/mol. The maximum Gasteiger partial charge on any atom is 0.278 e. The van der Waals surface area contributed by atoms with E-state index < -0.39 is 11.2 Å². The smallest absolute Gasteiger partial charge is 0.278 e. The lowest BCUT2D eigenvalue weighted by Gasteiger charge is -2.39. The number of ether oxygens (including phenoxy) is 2. The van der Waals surface area contributed by atoms with E-state index in [2.05, 4.69) is 0 Å². The fourth-order valence-corrected chi connectivity index (χ4v) is 2.54. The lowest BCUT2D eigenvalue weighted by Crippen LogP contribution is -2.42. The molecule has 2 unspecified atom stereocenters. The topological polar surface area (TPSA) is 61.6 Å². The van der Waals surface area contributed by atoms with E-state index in [0.717, 1.165) is 0 Å².